The minimum atomic E-state index is -3.06. The third kappa shape index (κ3) is 13.2. The summed E-state index contributed by atoms with van der Waals surface area (Å²) in [5.74, 6) is 1.08. The first-order chi connectivity index (χ1) is 23.6. The first-order valence-electron chi connectivity index (χ1n) is 14.8. The van der Waals surface area contributed by atoms with Crippen molar-refractivity contribution in [2.45, 2.75) is 66.4 Å². The summed E-state index contributed by atoms with van der Waals surface area (Å²) in [5, 5.41) is 25.6. The van der Waals surface area contributed by atoms with Crippen LogP contribution in [0.3, 0.4) is 0 Å². The molecule has 4 aromatic rings. The van der Waals surface area contributed by atoms with Crippen LogP contribution in [0, 0.1) is 75.1 Å². The van der Waals surface area contributed by atoms with Crippen LogP contribution in [0.4, 0.5) is 26.3 Å². The van der Waals surface area contributed by atoms with Crippen molar-refractivity contribution in [1.29, 1.82) is 10.5 Å². The highest BCUT2D eigenvalue weighted by Gasteiger charge is 2.21. The maximum atomic E-state index is 13.7. The summed E-state index contributed by atoms with van der Waals surface area (Å²) < 4.78 is 88.6. The number of hydrogen-bond donors (Lipinski definition) is 0. The Morgan fingerprint density at radius 1 is 0.725 bits per heavy atom. The highest BCUT2D eigenvalue weighted by atomic mass is 127. The molecule has 0 aliphatic rings. The first kappa shape index (κ1) is 42.5. The summed E-state index contributed by atoms with van der Waals surface area (Å²) in [6.07, 6.45) is 5.12. The maximum Gasteiger partial charge on any atom is 0.388 e. The molecule has 0 N–H and O–H groups in total. The number of terminal acetylenes is 1. The van der Waals surface area contributed by atoms with Crippen molar-refractivity contribution in [1.82, 2.24) is 19.6 Å². The maximum absolute atomic E-state index is 13.7. The van der Waals surface area contributed by atoms with Gasteiger partial charge in [-0.25, -0.2) is 18.1 Å². The average Bonchev–Trinajstić information content (AvgIpc) is 3.48. The Kier molecular flexibility index (Phi) is 15.0. The lowest BCUT2D eigenvalue weighted by molar-refractivity contribution is -0.0541. The fourth-order valence-corrected chi connectivity index (χ4v) is 4.64. The molecule has 0 atom stereocenters. The topological polar surface area (TPSA) is 102 Å². The molecule has 17 heteroatoms. The van der Waals surface area contributed by atoms with E-state index in [9.17, 15) is 26.3 Å². The minimum Gasteiger partial charge on any atom is -0.414 e. The van der Waals surface area contributed by atoms with Crippen LogP contribution >= 0.6 is 22.6 Å². The van der Waals surface area contributed by atoms with Crippen molar-refractivity contribution in [2.24, 2.45) is 0 Å². The molecule has 0 aliphatic heterocycles. The number of alkyl halides is 4. The smallest absolute Gasteiger partial charge is 0.388 e. The Morgan fingerprint density at radius 2 is 1.14 bits per heavy atom. The van der Waals surface area contributed by atoms with Crippen LogP contribution in [0.15, 0.2) is 36.4 Å². The van der Waals surface area contributed by atoms with Crippen LogP contribution in [0.1, 0.15) is 28.1 Å². The van der Waals surface area contributed by atoms with Gasteiger partial charge in [0.05, 0.1) is 49.6 Å². The number of nitriles is 2. The van der Waals surface area contributed by atoms with Crippen molar-refractivity contribution in [3.8, 4) is 58.7 Å². The quantitative estimate of drug-likeness (QED) is 0.0832. The van der Waals surface area contributed by atoms with Gasteiger partial charge in [0.2, 0.25) is 0 Å². The lowest BCUT2D eigenvalue weighted by atomic mass is 10.2. The lowest BCUT2D eigenvalue weighted by Crippen LogP contribution is -2.16. The van der Waals surface area contributed by atoms with Gasteiger partial charge in [-0.05, 0) is 72.8 Å². The van der Waals surface area contributed by atoms with Gasteiger partial charge in [0, 0.05) is 0 Å². The molecule has 0 saturated carbocycles. The zero-order chi connectivity index (χ0) is 38.8. The van der Waals surface area contributed by atoms with Gasteiger partial charge in [0.25, 0.3) is 11.8 Å². The van der Waals surface area contributed by atoms with Crippen molar-refractivity contribution in [3.05, 3.63) is 79.7 Å². The molecule has 0 bridgehead atoms. The molecule has 2 aromatic carbocycles. The number of aromatic nitrogens is 4. The van der Waals surface area contributed by atoms with E-state index in [0.717, 1.165) is 24.3 Å². The fourth-order valence-electron chi connectivity index (χ4n) is 3.68. The molecular formula is C34H33F6IN6O2Si2. The molecule has 0 unspecified atom stereocenters. The van der Waals surface area contributed by atoms with Crippen LogP contribution in [-0.2, 0) is 0 Å². The standard InChI is InChI=1S/C17H16F3N3OSi.C12H7F3IN3O.C5H10Si/c1-11-15(5-6-25(2,3)4)16(24-17(19)20)22-23(11)14-8-12(10-21)7-13(18)9-14;1-6-10(16)11(20-12(14)15)18-19(6)9-3-7(5-17)2-8(13)4-9;1-5-6(2,3)4/h7-9,17H,1-4H3;2-4,12H,1H3;1H,2-4H3. The number of benzene rings is 2. The number of ether oxygens (including phenoxy) is 2. The molecule has 0 saturated heterocycles. The SMILES string of the molecule is C#C[Si](C)(C)C.Cc1c(C#C[Si](C)(C)C)c(OC(F)F)nn1-c1cc(F)cc(C#N)c1.Cc1c(I)c(OC(F)F)nn1-c1cc(F)cc(C#N)c1. The fraction of sp³-hybridized carbons (Fsp3) is 0.294. The van der Waals surface area contributed by atoms with E-state index >= 15 is 0 Å². The van der Waals surface area contributed by atoms with Gasteiger partial charge in [-0.1, -0.05) is 45.2 Å². The molecule has 0 aliphatic carbocycles. The van der Waals surface area contributed by atoms with E-state index in [1.807, 2.05) is 54.4 Å². The van der Waals surface area contributed by atoms with Gasteiger partial charge in [0.1, 0.15) is 33.3 Å². The first-order valence-corrected chi connectivity index (χ1v) is 22.8. The second kappa shape index (κ2) is 18.0. The van der Waals surface area contributed by atoms with Gasteiger partial charge in [-0.15, -0.1) is 27.7 Å². The third-order valence-corrected chi connectivity index (χ3v) is 8.99. The van der Waals surface area contributed by atoms with E-state index < -0.39 is 41.0 Å². The van der Waals surface area contributed by atoms with Crippen molar-refractivity contribution >= 4 is 38.7 Å². The van der Waals surface area contributed by atoms with E-state index in [1.165, 1.54) is 21.5 Å². The number of hydrogen-bond acceptors (Lipinski definition) is 6. The molecule has 2 heterocycles. The van der Waals surface area contributed by atoms with E-state index in [-0.39, 0.29) is 39.8 Å². The Hall–Kier alpha value is -4.70. The molecule has 268 valence electrons. The van der Waals surface area contributed by atoms with E-state index in [2.05, 4.69) is 56.3 Å². The Balaban J connectivity index is 0.000000310. The largest absolute Gasteiger partial charge is 0.414 e. The summed E-state index contributed by atoms with van der Waals surface area (Å²) in [6.45, 7) is 9.68. The predicted molar refractivity (Wildman–Crippen MR) is 194 cm³/mol. The van der Waals surface area contributed by atoms with Gasteiger partial charge < -0.3 is 9.47 Å². The van der Waals surface area contributed by atoms with Crippen molar-refractivity contribution in [3.63, 3.8) is 0 Å². The second-order valence-electron chi connectivity index (χ2n) is 12.6. The predicted octanol–water partition coefficient (Wildman–Crippen LogP) is 8.92. The zero-order valence-electron chi connectivity index (χ0n) is 28.8. The van der Waals surface area contributed by atoms with Crippen LogP contribution in [0.2, 0.25) is 39.3 Å². The molecule has 2 aromatic heterocycles. The second-order valence-corrected chi connectivity index (χ2v) is 23.2. The number of halogens is 7. The molecule has 51 heavy (non-hydrogen) atoms. The molecular weight excluding hydrogens is 821 g/mol. The summed E-state index contributed by atoms with van der Waals surface area (Å²) in [7, 11) is -2.87. The molecule has 0 fully saturated rings. The van der Waals surface area contributed by atoms with Crippen molar-refractivity contribution < 1.29 is 35.8 Å². The van der Waals surface area contributed by atoms with Crippen molar-refractivity contribution in [2.75, 3.05) is 0 Å². The Labute approximate surface area is 308 Å². The van der Waals surface area contributed by atoms with E-state index in [4.69, 9.17) is 16.9 Å². The number of nitrogens with zero attached hydrogens (tertiary/aromatic N) is 6. The molecule has 0 radical (unpaired) electrons. The van der Waals surface area contributed by atoms with E-state index in [0.29, 0.717) is 15.0 Å². The van der Waals surface area contributed by atoms with Gasteiger partial charge in [-0.2, -0.15) is 28.1 Å². The summed E-state index contributed by atoms with van der Waals surface area (Å²) in [5.41, 5.74) is 7.68. The summed E-state index contributed by atoms with van der Waals surface area (Å²) >= 11 is 1.81. The molecule has 8 nitrogen and oxygen atoms in total. The normalized spacial score (nSPS) is 10.8. The van der Waals surface area contributed by atoms with Gasteiger partial charge in [0.15, 0.2) is 0 Å². The lowest BCUT2D eigenvalue weighted by Gasteiger charge is -2.05. The Bertz CT molecular complexity index is 2060. The summed E-state index contributed by atoms with van der Waals surface area (Å²) in [6, 6.07) is 10.9. The molecule has 0 spiro atoms. The minimum absolute atomic E-state index is 0.0935. The van der Waals surface area contributed by atoms with Crippen LogP contribution in [-0.4, -0.2) is 48.9 Å². The monoisotopic (exact) mass is 854 g/mol. The highest BCUT2D eigenvalue weighted by Crippen LogP contribution is 2.28. The van der Waals surface area contributed by atoms with Gasteiger partial charge in [-0.3, -0.25) is 0 Å². The van der Waals surface area contributed by atoms with Crippen LogP contribution in [0.5, 0.6) is 11.8 Å². The molecule has 0 amide bonds. The molecule has 4 rings (SSSR count). The van der Waals surface area contributed by atoms with Crippen LogP contribution < -0.4 is 9.47 Å². The number of rotatable bonds is 6. The van der Waals surface area contributed by atoms with Crippen LogP contribution in [0.25, 0.3) is 11.4 Å². The Morgan fingerprint density at radius 3 is 1.53 bits per heavy atom. The van der Waals surface area contributed by atoms with Gasteiger partial charge >= 0.3 is 13.2 Å². The zero-order valence-corrected chi connectivity index (χ0v) is 33.0. The van der Waals surface area contributed by atoms with E-state index in [1.54, 1.807) is 13.8 Å². The average molecular weight is 855 g/mol. The summed E-state index contributed by atoms with van der Waals surface area (Å²) in [4.78, 5) is 0. The highest BCUT2D eigenvalue weighted by molar-refractivity contribution is 14.1. The third-order valence-electron chi connectivity index (χ3n) is 6.01.